The van der Waals surface area contributed by atoms with Gasteiger partial charge in [0.15, 0.2) is 5.96 Å². The number of benzene rings is 2. The third-order valence-corrected chi connectivity index (χ3v) is 14.7. The number of carboxylic acids is 1. The number of carboxylic acid groups (broad SMARTS) is 1. The lowest BCUT2D eigenvalue weighted by molar-refractivity contribution is -0.142. The summed E-state index contributed by atoms with van der Waals surface area (Å²) in [5.41, 5.74) is 24.8. The highest BCUT2D eigenvalue weighted by Gasteiger charge is 2.37. The molecule has 8 amide bonds. The summed E-state index contributed by atoms with van der Waals surface area (Å²) in [6, 6.07) is 3.66. The number of aliphatic imine (C=N–C) groups is 1. The maximum atomic E-state index is 14.3. The highest BCUT2D eigenvalue weighted by Crippen LogP contribution is 2.21. The molecule has 454 valence electrons. The Morgan fingerprint density at radius 3 is 1.67 bits per heavy atom. The first-order chi connectivity index (χ1) is 38.8. The molecule has 2 aromatic carbocycles. The fraction of sp³-hybridized carbons (Fsp3) is 0.579. The Kier molecular flexibility index (Phi) is 28.8. The van der Waals surface area contributed by atoms with E-state index in [1.165, 1.54) is 24.3 Å². The van der Waals surface area contributed by atoms with E-state index in [1.807, 2.05) is 38.1 Å². The Morgan fingerprint density at radius 2 is 1.11 bits per heavy atom. The predicted molar refractivity (Wildman–Crippen MR) is 312 cm³/mol. The number of hydrogen-bond acceptors (Lipinski definition) is 13. The van der Waals surface area contributed by atoms with Crippen LogP contribution in [0.15, 0.2) is 59.7 Å². The van der Waals surface area contributed by atoms with Crippen LogP contribution in [0, 0.1) is 23.7 Å². The number of carbonyl (C=O) groups is 9. The second-order valence-electron chi connectivity index (χ2n) is 21.4. The van der Waals surface area contributed by atoms with Gasteiger partial charge in [0.2, 0.25) is 47.3 Å². The summed E-state index contributed by atoms with van der Waals surface area (Å²) in [5, 5.41) is 42.1. The quantitative estimate of drug-likeness (QED) is 0.0215. The number of rotatable bonds is 36. The van der Waals surface area contributed by atoms with Crippen molar-refractivity contribution in [1.82, 2.24) is 47.5 Å². The SMILES string of the molecule is CC[C@H](C)[C@H](NC(=O)[C@H](Cc1c[nH]c2ccccc12)NC(=O)[C@@H](N)CCCN=C(N)N)C(=O)NCC(=O)N[C@H](C(=O)N[C@H](C(=O)N[C@H](C(=O)N[C@@H](CCCCN)C(=O)N[C@@H](Cc1ccc(O)cc1)C(=O)O)[C@@H](C)CC)[C@@H](C)CC)C(C)C. The number of hydrogen-bond donors (Lipinski definition) is 15. The number of aromatic nitrogens is 1. The van der Waals surface area contributed by atoms with Crippen LogP contribution >= 0.6 is 0 Å². The van der Waals surface area contributed by atoms with E-state index in [1.54, 1.807) is 47.7 Å². The third-order valence-electron chi connectivity index (χ3n) is 14.7. The number of phenols is 1. The lowest BCUT2D eigenvalue weighted by atomic mass is 9.93. The van der Waals surface area contributed by atoms with Gasteiger partial charge in [-0.2, -0.15) is 0 Å². The number of fused-ring (bicyclic) bond motifs is 1. The van der Waals surface area contributed by atoms with E-state index in [0.717, 1.165) is 16.5 Å². The first-order valence-electron chi connectivity index (χ1n) is 28.3. The Balaban J connectivity index is 1.76. The molecule has 0 aliphatic heterocycles. The highest BCUT2D eigenvalue weighted by molar-refractivity contribution is 5.98. The summed E-state index contributed by atoms with van der Waals surface area (Å²) in [6.45, 7) is 13.9. The number of nitrogens with one attached hydrogen (secondary N) is 9. The monoisotopic (exact) mass is 1150 g/mol. The van der Waals surface area contributed by atoms with Gasteiger partial charge in [0.25, 0.3) is 0 Å². The van der Waals surface area contributed by atoms with Crippen LogP contribution in [0.1, 0.15) is 118 Å². The van der Waals surface area contributed by atoms with Gasteiger partial charge in [0.05, 0.1) is 12.6 Å². The van der Waals surface area contributed by atoms with Crippen LogP contribution in [-0.2, 0) is 56.0 Å². The molecule has 0 aliphatic carbocycles. The summed E-state index contributed by atoms with van der Waals surface area (Å²) in [4.78, 5) is 131. The fourth-order valence-electron chi connectivity index (χ4n) is 8.90. The number of carbonyl (C=O) groups excluding carboxylic acids is 8. The molecule has 0 bridgehead atoms. The molecule has 25 nitrogen and oxygen atoms in total. The van der Waals surface area contributed by atoms with E-state index in [0.29, 0.717) is 50.6 Å². The van der Waals surface area contributed by atoms with Crippen LogP contribution in [0.2, 0.25) is 0 Å². The minimum atomic E-state index is -1.38. The number of unbranched alkanes of at least 4 members (excludes halogenated alkanes) is 1. The third kappa shape index (κ3) is 21.9. The van der Waals surface area contributed by atoms with Gasteiger partial charge in [-0.1, -0.05) is 105 Å². The highest BCUT2D eigenvalue weighted by atomic mass is 16.4. The van der Waals surface area contributed by atoms with Gasteiger partial charge in [-0.25, -0.2) is 4.79 Å². The standard InChI is InChI=1S/C57H90N14O11/c1-9-32(6)46(69-51(76)42(28-36-29-63-40-19-13-12-17-38(36)40)66-49(74)39(59)18-16-26-62-57(60)61)52(77)64-30-44(73)68-45(31(4)5)53(78)70-48(34(8)11-3)55(80)71-47(33(7)10-2)54(79)65-41(20-14-15-25-58)50(75)67-43(56(81)82)27-35-21-23-37(72)24-22-35/h12-13,17,19,21-24,29,31-34,39,41-43,45-48,63,72H,9-11,14-16,18,20,25-28,30,58-59H2,1-8H3,(H,64,77)(H,65,79)(H,66,74)(H,67,75)(H,68,73)(H,69,76)(H,70,78)(H,71,80)(H,81,82)(H4,60,61,62)/t32-,33-,34-,39-,41-,42-,43-,45-,46-,47-,48-/m0/s1. The molecule has 3 aromatic rings. The van der Waals surface area contributed by atoms with Crippen molar-refractivity contribution in [3.8, 4) is 5.75 Å². The zero-order valence-corrected chi connectivity index (χ0v) is 48.6. The van der Waals surface area contributed by atoms with Gasteiger partial charge in [-0.15, -0.1) is 0 Å². The molecule has 11 atom stereocenters. The summed E-state index contributed by atoms with van der Waals surface area (Å²) < 4.78 is 0. The summed E-state index contributed by atoms with van der Waals surface area (Å²) in [5.74, 6) is -9.08. The first-order valence-corrected chi connectivity index (χ1v) is 28.3. The summed E-state index contributed by atoms with van der Waals surface area (Å²) in [7, 11) is 0. The Labute approximate surface area is 480 Å². The molecular formula is C57H90N14O11. The second-order valence-corrected chi connectivity index (χ2v) is 21.4. The number of nitrogens with two attached hydrogens (primary N) is 4. The van der Waals surface area contributed by atoms with Crippen molar-refractivity contribution in [1.29, 1.82) is 0 Å². The normalized spacial score (nSPS) is 15.3. The molecule has 0 saturated carbocycles. The first kappa shape index (κ1) is 68.5. The maximum Gasteiger partial charge on any atom is 0.326 e. The average Bonchev–Trinajstić information content (AvgIpc) is 3.89. The van der Waals surface area contributed by atoms with Gasteiger partial charge < -0.3 is 80.7 Å². The van der Waals surface area contributed by atoms with Crippen molar-refractivity contribution < 1.29 is 53.4 Å². The van der Waals surface area contributed by atoms with Gasteiger partial charge in [0, 0.05) is 36.5 Å². The summed E-state index contributed by atoms with van der Waals surface area (Å²) in [6.07, 6.45) is 4.51. The molecular weight excluding hydrogens is 1060 g/mol. The molecule has 25 heteroatoms. The van der Waals surface area contributed by atoms with E-state index in [2.05, 4.69) is 52.5 Å². The van der Waals surface area contributed by atoms with E-state index in [9.17, 15) is 53.4 Å². The number of aromatic hydroxyl groups is 1. The molecule has 0 aliphatic rings. The largest absolute Gasteiger partial charge is 0.508 e. The number of aliphatic carboxylic acids is 1. The van der Waals surface area contributed by atoms with Gasteiger partial charge >= 0.3 is 5.97 Å². The van der Waals surface area contributed by atoms with Crippen molar-refractivity contribution >= 4 is 70.1 Å². The fourth-order valence-corrected chi connectivity index (χ4v) is 8.90. The van der Waals surface area contributed by atoms with Gasteiger partial charge in [-0.3, -0.25) is 43.3 Å². The molecule has 0 spiro atoms. The Bertz CT molecular complexity index is 2620. The topological polar surface area (TPSA) is 423 Å². The number of nitrogens with zero attached hydrogens (tertiary/aromatic N) is 1. The molecule has 0 fully saturated rings. The van der Waals surface area contributed by atoms with Crippen molar-refractivity contribution in [2.45, 2.75) is 168 Å². The van der Waals surface area contributed by atoms with E-state index in [-0.39, 0.29) is 43.9 Å². The van der Waals surface area contributed by atoms with Crippen LogP contribution in [0.3, 0.4) is 0 Å². The van der Waals surface area contributed by atoms with Gasteiger partial charge in [0.1, 0.15) is 48.0 Å². The second kappa shape index (κ2) is 34.5. The minimum absolute atomic E-state index is 0.0167. The van der Waals surface area contributed by atoms with Crippen molar-refractivity contribution in [2.75, 3.05) is 19.6 Å². The zero-order chi connectivity index (χ0) is 61.2. The number of aromatic amines is 1. The lowest BCUT2D eigenvalue weighted by Gasteiger charge is -2.31. The van der Waals surface area contributed by atoms with Crippen LogP contribution in [0.4, 0.5) is 0 Å². The molecule has 3 rings (SSSR count). The van der Waals surface area contributed by atoms with Crippen LogP contribution < -0.4 is 65.5 Å². The Morgan fingerprint density at radius 1 is 0.585 bits per heavy atom. The van der Waals surface area contributed by atoms with Crippen LogP contribution in [0.5, 0.6) is 5.75 Å². The Hall–Kier alpha value is -7.80. The molecule has 1 heterocycles. The van der Waals surface area contributed by atoms with Crippen molar-refractivity contribution in [2.24, 2.45) is 51.6 Å². The van der Waals surface area contributed by atoms with Crippen molar-refractivity contribution in [3.05, 3.63) is 65.9 Å². The number of phenolic OH excluding ortho intramolecular Hbond substituents is 1. The maximum absolute atomic E-state index is 14.3. The molecule has 1 aromatic heterocycles. The number of guanidine groups is 1. The van der Waals surface area contributed by atoms with E-state index >= 15 is 0 Å². The number of para-hydroxylation sites is 1. The molecule has 0 radical (unpaired) electrons. The smallest absolute Gasteiger partial charge is 0.326 e. The molecule has 0 unspecified atom stereocenters. The number of amides is 8. The number of H-pyrrole nitrogens is 1. The van der Waals surface area contributed by atoms with E-state index in [4.69, 9.17) is 22.9 Å². The molecule has 82 heavy (non-hydrogen) atoms. The average molecular weight is 1150 g/mol. The van der Waals surface area contributed by atoms with Crippen LogP contribution in [0.25, 0.3) is 10.9 Å². The minimum Gasteiger partial charge on any atom is -0.508 e. The molecule has 0 saturated heterocycles. The zero-order valence-electron chi connectivity index (χ0n) is 48.6. The lowest BCUT2D eigenvalue weighted by Crippen LogP contribution is -2.62. The van der Waals surface area contributed by atoms with Gasteiger partial charge in [-0.05, 0) is 91.6 Å². The van der Waals surface area contributed by atoms with Crippen LogP contribution in [-0.4, -0.2) is 142 Å². The summed E-state index contributed by atoms with van der Waals surface area (Å²) >= 11 is 0. The predicted octanol–water partition coefficient (Wildman–Crippen LogP) is 0.557. The van der Waals surface area contributed by atoms with E-state index < -0.39 is 132 Å². The molecule has 19 N–H and O–H groups in total. The van der Waals surface area contributed by atoms with Crippen molar-refractivity contribution in [3.63, 3.8) is 0 Å².